The summed E-state index contributed by atoms with van der Waals surface area (Å²) in [6.07, 6.45) is 3.69. The van der Waals surface area contributed by atoms with E-state index in [9.17, 15) is 9.59 Å². The molecule has 0 aliphatic rings. The first kappa shape index (κ1) is 22.2. The van der Waals surface area contributed by atoms with E-state index in [1.807, 2.05) is 65.6 Å². The van der Waals surface area contributed by atoms with Gasteiger partial charge in [0, 0.05) is 25.4 Å². The van der Waals surface area contributed by atoms with Gasteiger partial charge in [-0.1, -0.05) is 74.5 Å². The highest BCUT2D eigenvalue weighted by molar-refractivity contribution is 5.83. The number of carbonyl (C=O) groups is 2. The zero-order chi connectivity index (χ0) is 21.1. The van der Waals surface area contributed by atoms with E-state index in [2.05, 4.69) is 19.2 Å². The molecule has 0 saturated heterocycles. The summed E-state index contributed by atoms with van der Waals surface area (Å²) < 4.78 is 4.72. The van der Waals surface area contributed by atoms with Gasteiger partial charge in [-0.05, 0) is 23.5 Å². The van der Waals surface area contributed by atoms with Crippen LogP contribution >= 0.6 is 0 Å². The number of methoxy groups -OCH3 is 1. The molecule has 2 rings (SSSR count). The second-order valence-electron chi connectivity index (χ2n) is 7.35. The minimum absolute atomic E-state index is 0.0620. The van der Waals surface area contributed by atoms with E-state index in [4.69, 9.17) is 4.74 Å². The minimum Gasteiger partial charge on any atom is -0.466 e. The van der Waals surface area contributed by atoms with Crippen LogP contribution in [0.4, 0.5) is 0 Å². The van der Waals surface area contributed by atoms with Crippen molar-refractivity contribution in [1.82, 2.24) is 10.2 Å². The summed E-state index contributed by atoms with van der Waals surface area (Å²) in [5.74, 6) is -0.198. The van der Waals surface area contributed by atoms with Gasteiger partial charge in [-0.3, -0.25) is 4.79 Å². The van der Waals surface area contributed by atoms with Crippen LogP contribution in [0.2, 0.25) is 0 Å². The maximum atomic E-state index is 13.1. The molecule has 1 atom stereocenters. The molecule has 0 unspecified atom stereocenters. The van der Waals surface area contributed by atoms with Gasteiger partial charge in [0.25, 0.3) is 0 Å². The van der Waals surface area contributed by atoms with Crippen molar-refractivity contribution in [2.75, 3.05) is 7.11 Å². The number of esters is 1. The summed E-state index contributed by atoms with van der Waals surface area (Å²) in [7, 11) is 1.34. The molecule has 0 heterocycles. The molecule has 1 amide bonds. The summed E-state index contributed by atoms with van der Waals surface area (Å²) in [6.45, 7) is 5.16. The number of hydrogen-bond donors (Lipinski definition) is 1. The summed E-state index contributed by atoms with van der Waals surface area (Å²) in [4.78, 5) is 26.7. The number of amides is 1. The fraction of sp³-hybridized carbons (Fsp3) is 0.333. The normalized spacial score (nSPS) is 12.0. The Balaban J connectivity index is 2.21. The van der Waals surface area contributed by atoms with E-state index in [1.165, 1.54) is 13.2 Å². The van der Waals surface area contributed by atoms with Gasteiger partial charge in [-0.2, -0.15) is 0 Å². The summed E-state index contributed by atoms with van der Waals surface area (Å²) in [5, 5.41) is 3.04. The molecule has 0 aromatic heterocycles. The van der Waals surface area contributed by atoms with Crippen LogP contribution < -0.4 is 5.32 Å². The van der Waals surface area contributed by atoms with Gasteiger partial charge in [0.1, 0.15) is 6.04 Å². The molecule has 0 fully saturated rings. The van der Waals surface area contributed by atoms with Gasteiger partial charge in [0.05, 0.1) is 7.11 Å². The Kier molecular flexibility index (Phi) is 8.96. The lowest BCUT2D eigenvalue weighted by molar-refractivity contribution is -0.135. The minimum atomic E-state index is -0.448. The van der Waals surface area contributed by atoms with Gasteiger partial charge >= 0.3 is 5.97 Å². The maximum absolute atomic E-state index is 13.1. The number of nitrogens with one attached hydrogen (secondary N) is 1. The molecule has 5 nitrogen and oxygen atoms in total. The molecule has 0 aliphatic carbocycles. The third-order valence-corrected chi connectivity index (χ3v) is 4.52. The summed E-state index contributed by atoms with van der Waals surface area (Å²) >= 11 is 0. The van der Waals surface area contributed by atoms with Gasteiger partial charge in [0.15, 0.2) is 0 Å². The average Bonchev–Trinajstić information content (AvgIpc) is 2.74. The van der Waals surface area contributed by atoms with E-state index in [0.717, 1.165) is 11.1 Å². The van der Waals surface area contributed by atoms with Gasteiger partial charge in [-0.25, -0.2) is 4.79 Å². The quantitative estimate of drug-likeness (QED) is 0.490. The average molecular weight is 395 g/mol. The third kappa shape index (κ3) is 7.82. The van der Waals surface area contributed by atoms with Crippen LogP contribution in [0.15, 0.2) is 72.9 Å². The second kappa shape index (κ2) is 11.7. The highest BCUT2D eigenvalue weighted by atomic mass is 16.5. The first-order chi connectivity index (χ1) is 14.0. The molecule has 0 aliphatic heterocycles. The number of carbonyl (C=O) groups excluding carboxylic acids is 2. The van der Waals surface area contributed by atoms with E-state index in [0.29, 0.717) is 25.4 Å². The van der Waals surface area contributed by atoms with Crippen LogP contribution in [0.25, 0.3) is 0 Å². The molecule has 1 N–H and O–H groups in total. The number of ether oxygens (including phenoxy) is 1. The lowest BCUT2D eigenvalue weighted by Crippen LogP contribution is -2.45. The molecule has 0 saturated carbocycles. The van der Waals surface area contributed by atoms with Crippen molar-refractivity contribution in [2.45, 2.75) is 39.4 Å². The van der Waals surface area contributed by atoms with E-state index in [1.54, 1.807) is 6.20 Å². The van der Waals surface area contributed by atoms with Gasteiger partial charge in [0.2, 0.25) is 5.91 Å². The van der Waals surface area contributed by atoms with E-state index in [-0.39, 0.29) is 5.91 Å². The summed E-state index contributed by atoms with van der Waals surface area (Å²) in [5.41, 5.74) is 2.11. The zero-order valence-corrected chi connectivity index (χ0v) is 17.4. The molecule has 2 aromatic rings. The Morgan fingerprint density at radius 3 is 2.14 bits per heavy atom. The molecule has 0 bridgehead atoms. The smallest absolute Gasteiger partial charge is 0.331 e. The molecule has 0 radical (unpaired) electrons. The first-order valence-electron chi connectivity index (χ1n) is 9.87. The molecule has 5 heteroatoms. The highest BCUT2D eigenvalue weighted by Crippen LogP contribution is 2.17. The number of nitrogens with zero attached hydrogens (tertiary/aromatic N) is 1. The second-order valence-corrected chi connectivity index (χ2v) is 7.35. The van der Waals surface area contributed by atoms with Crippen LogP contribution in [-0.4, -0.2) is 29.9 Å². The molecular formula is C24H30N2O3. The SMILES string of the molecule is COC(=O)/C=C/N(Cc1ccccc1)[C@H](CC(C)C)C(=O)NCc1ccccc1. The molecule has 0 spiro atoms. The van der Waals surface area contributed by atoms with Crippen molar-refractivity contribution in [2.24, 2.45) is 5.92 Å². The van der Waals surface area contributed by atoms with Crippen molar-refractivity contribution >= 4 is 11.9 Å². The Morgan fingerprint density at radius 1 is 1.00 bits per heavy atom. The van der Waals surface area contributed by atoms with Crippen LogP contribution in [0.1, 0.15) is 31.4 Å². The number of rotatable bonds is 10. The van der Waals surface area contributed by atoms with Crippen molar-refractivity contribution in [1.29, 1.82) is 0 Å². The Bertz CT molecular complexity index is 788. The van der Waals surface area contributed by atoms with E-state index < -0.39 is 12.0 Å². The fourth-order valence-corrected chi connectivity index (χ4v) is 3.03. The van der Waals surface area contributed by atoms with Crippen molar-refractivity contribution < 1.29 is 14.3 Å². The largest absolute Gasteiger partial charge is 0.466 e. The monoisotopic (exact) mass is 394 g/mol. The molecule has 154 valence electrons. The Hall–Kier alpha value is -3.08. The predicted molar refractivity (Wildman–Crippen MR) is 115 cm³/mol. The summed E-state index contributed by atoms with van der Waals surface area (Å²) in [6, 6.07) is 19.3. The Labute approximate surface area is 173 Å². The first-order valence-corrected chi connectivity index (χ1v) is 9.87. The van der Waals surface area contributed by atoms with Crippen molar-refractivity contribution in [3.63, 3.8) is 0 Å². The van der Waals surface area contributed by atoms with E-state index >= 15 is 0 Å². The zero-order valence-electron chi connectivity index (χ0n) is 17.4. The molecule has 29 heavy (non-hydrogen) atoms. The van der Waals surface area contributed by atoms with Crippen LogP contribution in [-0.2, 0) is 27.4 Å². The van der Waals surface area contributed by atoms with Gasteiger partial charge < -0.3 is 15.0 Å². The lowest BCUT2D eigenvalue weighted by atomic mass is 10.0. The van der Waals surface area contributed by atoms with Gasteiger partial charge in [-0.15, -0.1) is 0 Å². The lowest BCUT2D eigenvalue weighted by Gasteiger charge is -2.31. The highest BCUT2D eigenvalue weighted by Gasteiger charge is 2.25. The topological polar surface area (TPSA) is 58.6 Å². The Morgan fingerprint density at radius 2 is 1.59 bits per heavy atom. The molecular weight excluding hydrogens is 364 g/mol. The third-order valence-electron chi connectivity index (χ3n) is 4.52. The number of benzene rings is 2. The standard InChI is InChI=1S/C24H30N2O3/c1-19(2)16-22(24(28)25-17-20-10-6-4-7-11-20)26(15-14-23(27)29-3)18-21-12-8-5-9-13-21/h4-15,19,22H,16-18H2,1-3H3,(H,25,28)/b15-14+/t22-/m1/s1. The maximum Gasteiger partial charge on any atom is 0.331 e. The van der Waals surface area contributed by atoms with Crippen LogP contribution in [0.5, 0.6) is 0 Å². The predicted octanol–water partition coefficient (Wildman–Crippen LogP) is 3.91. The van der Waals surface area contributed by atoms with Crippen molar-refractivity contribution in [3.8, 4) is 0 Å². The molecule has 2 aromatic carbocycles. The van der Waals surface area contributed by atoms with Crippen molar-refractivity contribution in [3.05, 3.63) is 84.1 Å². The van der Waals surface area contributed by atoms with Crippen LogP contribution in [0, 0.1) is 5.92 Å². The fourth-order valence-electron chi connectivity index (χ4n) is 3.03. The van der Waals surface area contributed by atoms with Crippen LogP contribution in [0.3, 0.4) is 0 Å². The number of hydrogen-bond acceptors (Lipinski definition) is 4.